The molecule has 1 saturated carbocycles. The first-order valence-corrected chi connectivity index (χ1v) is 9.51. The molecular formula is C20H26FNOS. The van der Waals surface area contributed by atoms with Gasteiger partial charge < -0.3 is 10.0 Å². The molecule has 0 amide bonds. The van der Waals surface area contributed by atoms with Crippen LogP contribution in [0.1, 0.15) is 29.7 Å². The average Bonchev–Trinajstić information content (AvgIpc) is 3.08. The summed E-state index contributed by atoms with van der Waals surface area (Å²) in [6.07, 6.45) is 3.78. The summed E-state index contributed by atoms with van der Waals surface area (Å²) < 4.78 is 13.1. The first-order chi connectivity index (χ1) is 11.5. The molecule has 0 radical (unpaired) electrons. The summed E-state index contributed by atoms with van der Waals surface area (Å²) in [4.78, 5) is 3.26. The second kappa shape index (κ2) is 7.34. The molecule has 3 unspecified atom stereocenters. The van der Waals surface area contributed by atoms with Crippen LogP contribution < -0.4 is 0 Å². The van der Waals surface area contributed by atoms with Gasteiger partial charge in [0.1, 0.15) is 11.4 Å². The Morgan fingerprint density at radius 3 is 2.62 bits per heavy atom. The molecule has 0 spiro atoms. The van der Waals surface area contributed by atoms with Crippen molar-refractivity contribution < 1.29 is 9.50 Å². The van der Waals surface area contributed by atoms with Crippen molar-refractivity contribution in [3.8, 4) is 0 Å². The first kappa shape index (κ1) is 17.6. The Hall–Kier alpha value is -1.23. The largest absolute Gasteiger partial charge is 0.384 e. The topological polar surface area (TPSA) is 23.5 Å². The zero-order valence-electron chi connectivity index (χ0n) is 14.4. The molecule has 3 rings (SSSR count). The smallest absolute Gasteiger partial charge is 0.123 e. The van der Waals surface area contributed by atoms with E-state index in [-0.39, 0.29) is 11.7 Å². The van der Waals surface area contributed by atoms with Crippen molar-refractivity contribution in [1.29, 1.82) is 0 Å². The third-order valence-corrected chi connectivity index (χ3v) is 6.23. The first-order valence-electron chi connectivity index (χ1n) is 8.63. The van der Waals surface area contributed by atoms with E-state index >= 15 is 0 Å². The van der Waals surface area contributed by atoms with E-state index < -0.39 is 5.60 Å². The molecule has 1 heterocycles. The van der Waals surface area contributed by atoms with Crippen LogP contribution in [0.5, 0.6) is 0 Å². The van der Waals surface area contributed by atoms with Gasteiger partial charge in [0.15, 0.2) is 0 Å². The van der Waals surface area contributed by atoms with E-state index in [4.69, 9.17) is 0 Å². The molecule has 24 heavy (non-hydrogen) atoms. The van der Waals surface area contributed by atoms with E-state index in [9.17, 15) is 9.50 Å². The molecule has 2 aromatic rings. The molecule has 2 nitrogen and oxygen atoms in total. The fourth-order valence-electron chi connectivity index (χ4n) is 4.00. The summed E-state index contributed by atoms with van der Waals surface area (Å²) in [6.45, 7) is 0.883. The fourth-order valence-corrected chi connectivity index (χ4v) is 4.93. The van der Waals surface area contributed by atoms with Crippen LogP contribution in [0.4, 0.5) is 4.39 Å². The number of hydrogen-bond donors (Lipinski definition) is 1. The number of benzene rings is 1. The summed E-state index contributed by atoms with van der Waals surface area (Å²) in [5, 5.41) is 13.4. The predicted octanol–water partition coefficient (Wildman–Crippen LogP) is 4.30. The summed E-state index contributed by atoms with van der Waals surface area (Å²) in [6, 6.07) is 10.9. The minimum atomic E-state index is -0.711. The Kier molecular flexibility index (Phi) is 5.38. The highest BCUT2D eigenvalue weighted by atomic mass is 32.1. The Morgan fingerprint density at radius 2 is 2.00 bits per heavy atom. The number of halogens is 1. The van der Waals surface area contributed by atoms with Gasteiger partial charge in [-0.2, -0.15) is 0 Å². The monoisotopic (exact) mass is 347 g/mol. The Labute approximate surface area is 147 Å². The highest BCUT2D eigenvalue weighted by Gasteiger charge is 2.44. The van der Waals surface area contributed by atoms with Gasteiger partial charge in [-0.3, -0.25) is 0 Å². The van der Waals surface area contributed by atoms with Gasteiger partial charge in [0.25, 0.3) is 0 Å². The average molecular weight is 347 g/mol. The highest BCUT2D eigenvalue weighted by molar-refractivity contribution is 7.10. The number of hydrogen-bond acceptors (Lipinski definition) is 3. The Morgan fingerprint density at radius 1 is 1.25 bits per heavy atom. The molecule has 1 fully saturated rings. The lowest BCUT2D eigenvalue weighted by Crippen LogP contribution is -2.45. The standard InChI is InChI=1S/C20H26FNOS/c1-22(2)14-17-13-16(12-15-5-7-18(21)8-6-15)9-10-20(17,23)19-4-3-11-24-19/h3-8,11,16-17,23H,9-10,12-14H2,1-2H3. The molecule has 0 saturated heterocycles. The molecule has 130 valence electrons. The van der Waals surface area contributed by atoms with Crippen LogP contribution in [0.15, 0.2) is 41.8 Å². The zero-order chi connectivity index (χ0) is 17.2. The van der Waals surface area contributed by atoms with Crippen LogP contribution in [0.25, 0.3) is 0 Å². The SMILES string of the molecule is CN(C)CC1CC(Cc2ccc(F)cc2)CCC1(O)c1cccs1. The van der Waals surface area contributed by atoms with E-state index in [2.05, 4.69) is 25.1 Å². The van der Waals surface area contributed by atoms with Crippen molar-refractivity contribution >= 4 is 11.3 Å². The third-order valence-electron chi connectivity index (χ3n) is 5.20. The lowest BCUT2D eigenvalue weighted by Gasteiger charge is -2.44. The van der Waals surface area contributed by atoms with Crippen molar-refractivity contribution in [3.05, 3.63) is 58.0 Å². The molecule has 1 aromatic carbocycles. The van der Waals surface area contributed by atoms with E-state index in [1.165, 1.54) is 17.7 Å². The van der Waals surface area contributed by atoms with Gasteiger partial charge in [0.05, 0.1) is 0 Å². The number of rotatable bonds is 5. The van der Waals surface area contributed by atoms with Crippen molar-refractivity contribution in [2.24, 2.45) is 11.8 Å². The summed E-state index contributed by atoms with van der Waals surface area (Å²) in [5.41, 5.74) is 0.476. The van der Waals surface area contributed by atoms with Crippen LogP contribution in [0.3, 0.4) is 0 Å². The maximum Gasteiger partial charge on any atom is 0.123 e. The van der Waals surface area contributed by atoms with Gasteiger partial charge in [-0.15, -0.1) is 11.3 Å². The van der Waals surface area contributed by atoms with Crippen molar-refractivity contribution in [1.82, 2.24) is 4.90 Å². The summed E-state index contributed by atoms with van der Waals surface area (Å²) in [7, 11) is 4.14. The second-order valence-electron chi connectivity index (χ2n) is 7.33. The summed E-state index contributed by atoms with van der Waals surface area (Å²) in [5.74, 6) is 0.589. The maximum atomic E-state index is 13.1. The van der Waals surface area contributed by atoms with E-state index in [1.54, 1.807) is 11.3 Å². The van der Waals surface area contributed by atoms with Gasteiger partial charge in [-0.05, 0) is 74.8 Å². The number of nitrogens with zero attached hydrogens (tertiary/aromatic N) is 1. The van der Waals surface area contributed by atoms with Crippen molar-refractivity contribution in [2.75, 3.05) is 20.6 Å². The molecule has 4 heteroatoms. The molecular weight excluding hydrogens is 321 g/mol. The highest BCUT2D eigenvalue weighted by Crippen LogP contribution is 2.46. The van der Waals surface area contributed by atoms with E-state index in [1.807, 2.05) is 23.6 Å². The van der Waals surface area contributed by atoms with Crippen LogP contribution in [-0.2, 0) is 12.0 Å². The quantitative estimate of drug-likeness (QED) is 0.872. The molecule has 1 aliphatic rings. The van der Waals surface area contributed by atoms with Crippen molar-refractivity contribution in [2.45, 2.75) is 31.3 Å². The number of thiophene rings is 1. The molecule has 1 aromatic heterocycles. The lowest BCUT2D eigenvalue weighted by molar-refractivity contribution is -0.0724. The van der Waals surface area contributed by atoms with Gasteiger partial charge in [0, 0.05) is 17.3 Å². The minimum absolute atomic E-state index is 0.181. The zero-order valence-corrected chi connectivity index (χ0v) is 15.2. The van der Waals surface area contributed by atoms with Crippen LogP contribution in [-0.4, -0.2) is 30.6 Å². The molecule has 1 N–H and O–H groups in total. The second-order valence-corrected chi connectivity index (χ2v) is 8.28. The van der Waals surface area contributed by atoms with Crippen LogP contribution >= 0.6 is 11.3 Å². The fraction of sp³-hybridized carbons (Fsp3) is 0.500. The molecule has 1 aliphatic carbocycles. The molecule has 0 aliphatic heterocycles. The Balaban J connectivity index is 1.74. The van der Waals surface area contributed by atoms with Crippen molar-refractivity contribution in [3.63, 3.8) is 0 Å². The predicted molar refractivity (Wildman–Crippen MR) is 97.7 cm³/mol. The van der Waals surface area contributed by atoms with Crippen LogP contribution in [0, 0.1) is 17.7 Å². The van der Waals surface area contributed by atoms with E-state index in [0.717, 1.165) is 37.1 Å². The lowest BCUT2D eigenvalue weighted by atomic mass is 9.68. The minimum Gasteiger partial charge on any atom is -0.384 e. The van der Waals surface area contributed by atoms with Gasteiger partial charge in [-0.1, -0.05) is 18.2 Å². The Bertz CT molecular complexity index is 640. The molecule has 3 atom stereocenters. The normalized spacial score (nSPS) is 27.5. The summed E-state index contributed by atoms with van der Waals surface area (Å²) >= 11 is 1.66. The van der Waals surface area contributed by atoms with E-state index in [0.29, 0.717) is 5.92 Å². The van der Waals surface area contributed by atoms with Gasteiger partial charge in [0.2, 0.25) is 0 Å². The van der Waals surface area contributed by atoms with Gasteiger partial charge >= 0.3 is 0 Å². The van der Waals surface area contributed by atoms with Crippen LogP contribution in [0.2, 0.25) is 0 Å². The van der Waals surface area contributed by atoms with Gasteiger partial charge in [-0.25, -0.2) is 4.39 Å². The third kappa shape index (κ3) is 3.88. The number of aliphatic hydroxyl groups is 1. The maximum absolute atomic E-state index is 13.1. The molecule has 0 bridgehead atoms.